The van der Waals surface area contributed by atoms with Crippen molar-refractivity contribution >= 4 is 0 Å². The van der Waals surface area contributed by atoms with Crippen molar-refractivity contribution in [2.45, 2.75) is 6.04 Å². The van der Waals surface area contributed by atoms with E-state index in [0.717, 1.165) is 11.3 Å². The smallest absolute Gasteiger partial charge is 0.213 e. The average molecular weight is 205 g/mol. The molecule has 0 saturated carbocycles. The second kappa shape index (κ2) is 4.10. The maximum atomic E-state index is 5.93. The van der Waals surface area contributed by atoms with Gasteiger partial charge in [0.15, 0.2) is 5.82 Å². The molecule has 1 heterocycles. The van der Waals surface area contributed by atoms with E-state index >= 15 is 0 Å². The number of rotatable bonds is 3. The van der Waals surface area contributed by atoms with Crippen molar-refractivity contribution in [1.29, 1.82) is 0 Å². The summed E-state index contributed by atoms with van der Waals surface area (Å²) in [5.41, 5.74) is 6.84. The molecule has 0 aliphatic rings. The Morgan fingerprint density at radius 2 is 2.07 bits per heavy atom. The van der Waals surface area contributed by atoms with Crippen molar-refractivity contribution in [1.82, 2.24) is 10.1 Å². The molecule has 2 aromatic rings. The molecular formula is C10H11N3O2. The largest absolute Gasteiger partial charge is 0.497 e. The summed E-state index contributed by atoms with van der Waals surface area (Å²) in [6.45, 7) is 0. The number of aromatic nitrogens is 2. The highest BCUT2D eigenvalue weighted by Crippen LogP contribution is 2.19. The van der Waals surface area contributed by atoms with E-state index in [4.69, 9.17) is 10.5 Å². The van der Waals surface area contributed by atoms with E-state index in [-0.39, 0.29) is 6.04 Å². The van der Waals surface area contributed by atoms with Crippen LogP contribution in [0.3, 0.4) is 0 Å². The Labute approximate surface area is 86.9 Å². The molecule has 1 unspecified atom stereocenters. The van der Waals surface area contributed by atoms with Gasteiger partial charge in [-0.15, -0.1) is 0 Å². The van der Waals surface area contributed by atoms with Crippen LogP contribution in [0.5, 0.6) is 5.75 Å². The molecule has 0 spiro atoms. The maximum absolute atomic E-state index is 5.93. The third-order valence-electron chi connectivity index (χ3n) is 2.13. The van der Waals surface area contributed by atoms with E-state index in [1.807, 2.05) is 24.3 Å². The van der Waals surface area contributed by atoms with Crippen molar-refractivity contribution in [2.24, 2.45) is 5.73 Å². The lowest BCUT2D eigenvalue weighted by molar-refractivity contribution is 0.407. The first-order valence-electron chi connectivity index (χ1n) is 4.47. The summed E-state index contributed by atoms with van der Waals surface area (Å²) in [6.07, 6.45) is 1.26. The Balaban J connectivity index is 2.22. The summed E-state index contributed by atoms with van der Waals surface area (Å²) < 4.78 is 9.69. The molecule has 1 atom stereocenters. The van der Waals surface area contributed by atoms with Gasteiger partial charge in [-0.3, -0.25) is 0 Å². The fraction of sp³-hybridized carbons (Fsp3) is 0.200. The van der Waals surface area contributed by atoms with Crippen LogP contribution >= 0.6 is 0 Å². The van der Waals surface area contributed by atoms with Gasteiger partial charge >= 0.3 is 0 Å². The summed E-state index contributed by atoms with van der Waals surface area (Å²) in [5, 5.41) is 3.69. The molecule has 0 saturated heterocycles. The van der Waals surface area contributed by atoms with Crippen LogP contribution in [0.4, 0.5) is 0 Å². The highest BCUT2D eigenvalue weighted by Gasteiger charge is 2.12. The molecule has 0 aliphatic heterocycles. The summed E-state index contributed by atoms with van der Waals surface area (Å²) in [4.78, 5) is 3.90. The molecule has 0 aliphatic carbocycles. The zero-order chi connectivity index (χ0) is 10.7. The van der Waals surface area contributed by atoms with E-state index in [0.29, 0.717) is 5.82 Å². The molecule has 0 amide bonds. The molecule has 5 nitrogen and oxygen atoms in total. The Morgan fingerprint density at radius 1 is 1.33 bits per heavy atom. The molecule has 1 aromatic carbocycles. The summed E-state index contributed by atoms with van der Waals surface area (Å²) >= 11 is 0. The maximum Gasteiger partial charge on any atom is 0.213 e. The predicted molar refractivity (Wildman–Crippen MR) is 53.3 cm³/mol. The molecule has 2 N–H and O–H groups in total. The van der Waals surface area contributed by atoms with Gasteiger partial charge in [0.25, 0.3) is 0 Å². The van der Waals surface area contributed by atoms with E-state index in [1.54, 1.807) is 7.11 Å². The molecular weight excluding hydrogens is 194 g/mol. The zero-order valence-corrected chi connectivity index (χ0v) is 8.25. The fourth-order valence-corrected chi connectivity index (χ4v) is 1.28. The molecule has 78 valence electrons. The summed E-state index contributed by atoms with van der Waals surface area (Å²) in [7, 11) is 1.62. The van der Waals surface area contributed by atoms with Gasteiger partial charge in [0.05, 0.1) is 13.2 Å². The lowest BCUT2D eigenvalue weighted by atomic mass is 10.1. The van der Waals surface area contributed by atoms with Crippen LogP contribution in [0, 0.1) is 0 Å². The second-order valence-corrected chi connectivity index (χ2v) is 3.04. The summed E-state index contributed by atoms with van der Waals surface area (Å²) in [6, 6.07) is 7.07. The van der Waals surface area contributed by atoms with Crippen molar-refractivity contribution in [3.63, 3.8) is 0 Å². The number of benzene rings is 1. The standard InChI is InChI=1S/C10H11N3O2/c1-14-8-4-2-7(3-5-8)9(11)10-12-6-15-13-10/h2-6,9H,11H2,1H3. The van der Waals surface area contributed by atoms with Gasteiger partial charge in [0.1, 0.15) is 5.75 Å². The lowest BCUT2D eigenvalue weighted by Gasteiger charge is -2.07. The number of nitrogens with zero attached hydrogens (tertiary/aromatic N) is 2. The third kappa shape index (κ3) is 1.97. The first-order chi connectivity index (χ1) is 7.31. The number of nitrogens with two attached hydrogens (primary N) is 1. The molecule has 5 heteroatoms. The van der Waals surface area contributed by atoms with Crippen LogP contribution in [-0.4, -0.2) is 17.3 Å². The average Bonchev–Trinajstić information content (AvgIpc) is 2.82. The van der Waals surface area contributed by atoms with Gasteiger partial charge < -0.3 is 15.0 Å². The normalized spacial score (nSPS) is 12.4. The number of ether oxygens (including phenoxy) is 1. The van der Waals surface area contributed by atoms with Crippen molar-refractivity contribution in [3.8, 4) is 5.75 Å². The molecule has 1 aromatic heterocycles. The Kier molecular flexibility index (Phi) is 2.64. The minimum atomic E-state index is -0.366. The Morgan fingerprint density at radius 3 is 2.60 bits per heavy atom. The van der Waals surface area contributed by atoms with Crippen LogP contribution in [-0.2, 0) is 0 Å². The van der Waals surface area contributed by atoms with Crippen molar-refractivity contribution in [3.05, 3.63) is 42.0 Å². The highest BCUT2D eigenvalue weighted by atomic mass is 16.5. The van der Waals surface area contributed by atoms with E-state index in [1.165, 1.54) is 6.39 Å². The minimum absolute atomic E-state index is 0.366. The molecule has 2 rings (SSSR count). The zero-order valence-electron chi connectivity index (χ0n) is 8.25. The van der Waals surface area contributed by atoms with Gasteiger partial charge in [-0.2, -0.15) is 4.98 Å². The van der Waals surface area contributed by atoms with Crippen LogP contribution in [0.25, 0.3) is 0 Å². The Hall–Kier alpha value is -1.88. The van der Waals surface area contributed by atoms with Gasteiger partial charge in [0, 0.05) is 0 Å². The Bertz CT molecular complexity index is 411. The van der Waals surface area contributed by atoms with Crippen LogP contribution in [0.2, 0.25) is 0 Å². The van der Waals surface area contributed by atoms with Gasteiger partial charge in [0.2, 0.25) is 6.39 Å². The van der Waals surface area contributed by atoms with Crippen LogP contribution < -0.4 is 10.5 Å². The molecule has 0 radical (unpaired) electrons. The second-order valence-electron chi connectivity index (χ2n) is 3.04. The SMILES string of the molecule is COc1ccc(C(N)c2ncon2)cc1. The van der Waals surface area contributed by atoms with Crippen molar-refractivity contribution < 1.29 is 9.26 Å². The quantitative estimate of drug-likeness (QED) is 0.812. The first-order valence-corrected chi connectivity index (χ1v) is 4.47. The molecule has 0 bridgehead atoms. The van der Waals surface area contributed by atoms with Gasteiger partial charge in [-0.25, -0.2) is 0 Å². The number of hydrogen-bond donors (Lipinski definition) is 1. The molecule has 0 fully saturated rings. The first kappa shape index (κ1) is 9.67. The third-order valence-corrected chi connectivity index (χ3v) is 2.13. The monoisotopic (exact) mass is 205 g/mol. The van der Waals surface area contributed by atoms with Crippen LogP contribution in [0.1, 0.15) is 17.4 Å². The fourth-order valence-electron chi connectivity index (χ4n) is 1.28. The number of methoxy groups -OCH3 is 1. The minimum Gasteiger partial charge on any atom is -0.497 e. The van der Waals surface area contributed by atoms with E-state index in [9.17, 15) is 0 Å². The van der Waals surface area contributed by atoms with E-state index < -0.39 is 0 Å². The van der Waals surface area contributed by atoms with Crippen molar-refractivity contribution in [2.75, 3.05) is 7.11 Å². The topological polar surface area (TPSA) is 74.2 Å². The van der Waals surface area contributed by atoms with Gasteiger partial charge in [-0.1, -0.05) is 17.3 Å². The lowest BCUT2D eigenvalue weighted by Crippen LogP contribution is -2.13. The number of hydrogen-bond acceptors (Lipinski definition) is 5. The molecule has 15 heavy (non-hydrogen) atoms. The van der Waals surface area contributed by atoms with E-state index in [2.05, 4.69) is 14.7 Å². The van der Waals surface area contributed by atoms with Gasteiger partial charge in [-0.05, 0) is 17.7 Å². The van der Waals surface area contributed by atoms with Crippen LogP contribution in [0.15, 0.2) is 35.2 Å². The summed E-state index contributed by atoms with van der Waals surface area (Å²) in [5.74, 6) is 1.26. The predicted octanol–water partition coefficient (Wildman–Crippen LogP) is 1.13. The highest BCUT2D eigenvalue weighted by molar-refractivity contribution is 5.31.